The molecule has 0 fully saturated rings. The largest absolute Gasteiger partial charge is 0.333 e. The molecule has 0 radical (unpaired) electrons. The third-order valence-corrected chi connectivity index (χ3v) is 3.16. The summed E-state index contributed by atoms with van der Waals surface area (Å²) in [5.41, 5.74) is -0.644. The molecule has 0 aliphatic carbocycles. The van der Waals surface area contributed by atoms with Crippen LogP contribution >= 0.6 is 11.6 Å². The molecule has 0 spiro atoms. The first kappa shape index (κ1) is 12.6. The van der Waals surface area contributed by atoms with Crippen LogP contribution in [0.1, 0.15) is 0 Å². The number of rotatable bonds is 1. The molecule has 2 aromatic carbocycles. The van der Waals surface area contributed by atoms with Crippen molar-refractivity contribution in [1.29, 1.82) is 0 Å². The van der Waals surface area contributed by atoms with E-state index in [1.165, 1.54) is 18.2 Å². The minimum atomic E-state index is -0.643. The maximum absolute atomic E-state index is 13.1. The van der Waals surface area contributed by atoms with Crippen LogP contribution in [0.5, 0.6) is 0 Å². The lowest BCUT2D eigenvalue weighted by atomic mass is 10.2. The van der Waals surface area contributed by atoms with Crippen LogP contribution < -0.4 is 11.2 Å². The summed E-state index contributed by atoms with van der Waals surface area (Å²) < 4.78 is 14.1. The molecule has 6 heteroatoms. The monoisotopic (exact) mass is 290 g/mol. The summed E-state index contributed by atoms with van der Waals surface area (Å²) in [4.78, 5) is 26.9. The molecule has 3 aromatic rings. The van der Waals surface area contributed by atoms with Crippen LogP contribution in [-0.4, -0.2) is 9.55 Å². The first-order chi connectivity index (χ1) is 9.56. The zero-order valence-corrected chi connectivity index (χ0v) is 10.8. The lowest BCUT2D eigenvalue weighted by molar-refractivity contribution is 0.629. The second-order valence-electron chi connectivity index (χ2n) is 4.24. The van der Waals surface area contributed by atoms with Gasteiger partial charge in [0.2, 0.25) is 0 Å². The van der Waals surface area contributed by atoms with E-state index in [-0.39, 0.29) is 10.9 Å². The summed E-state index contributed by atoms with van der Waals surface area (Å²) in [6, 6.07) is 10.00. The SMILES string of the molecule is O=c1[nH]c2cc(F)ccc2c(=O)n1-c1cccc(Cl)c1. The molecule has 0 amide bonds. The van der Waals surface area contributed by atoms with Gasteiger partial charge >= 0.3 is 5.69 Å². The van der Waals surface area contributed by atoms with E-state index in [2.05, 4.69) is 4.98 Å². The van der Waals surface area contributed by atoms with Crippen molar-refractivity contribution in [2.75, 3.05) is 0 Å². The predicted octanol–water partition coefficient (Wildman–Crippen LogP) is 2.47. The first-order valence-electron chi connectivity index (χ1n) is 5.77. The highest BCUT2D eigenvalue weighted by Crippen LogP contribution is 2.13. The van der Waals surface area contributed by atoms with Crippen molar-refractivity contribution in [1.82, 2.24) is 9.55 Å². The molecule has 100 valence electrons. The van der Waals surface area contributed by atoms with Gasteiger partial charge in [-0.05, 0) is 36.4 Å². The van der Waals surface area contributed by atoms with E-state index in [1.54, 1.807) is 18.2 Å². The molecule has 0 saturated heterocycles. The van der Waals surface area contributed by atoms with E-state index >= 15 is 0 Å². The smallest absolute Gasteiger partial charge is 0.306 e. The van der Waals surface area contributed by atoms with E-state index < -0.39 is 17.1 Å². The number of aromatic amines is 1. The highest BCUT2D eigenvalue weighted by Gasteiger charge is 2.10. The second-order valence-corrected chi connectivity index (χ2v) is 4.68. The van der Waals surface area contributed by atoms with E-state index in [9.17, 15) is 14.0 Å². The number of H-pyrrole nitrogens is 1. The van der Waals surface area contributed by atoms with Crippen molar-refractivity contribution in [2.24, 2.45) is 0 Å². The number of nitrogens with one attached hydrogen (secondary N) is 1. The molecule has 0 aliphatic rings. The average molecular weight is 291 g/mol. The van der Waals surface area contributed by atoms with Crippen molar-refractivity contribution >= 4 is 22.5 Å². The molecule has 20 heavy (non-hydrogen) atoms. The average Bonchev–Trinajstić information content (AvgIpc) is 2.38. The standard InChI is InChI=1S/C14H8ClFN2O2/c15-8-2-1-3-10(6-8)18-13(19)11-5-4-9(16)7-12(11)17-14(18)20/h1-7H,(H,17,20). The summed E-state index contributed by atoms with van der Waals surface area (Å²) in [6.07, 6.45) is 0. The van der Waals surface area contributed by atoms with Crippen molar-refractivity contribution in [3.63, 3.8) is 0 Å². The summed E-state index contributed by atoms with van der Waals surface area (Å²) in [6.45, 7) is 0. The Morgan fingerprint density at radius 2 is 1.90 bits per heavy atom. The summed E-state index contributed by atoms with van der Waals surface area (Å²) in [5.74, 6) is -0.520. The Kier molecular flexibility index (Phi) is 2.91. The Bertz CT molecular complexity index is 930. The van der Waals surface area contributed by atoms with Gasteiger partial charge in [0.15, 0.2) is 0 Å². The fraction of sp³-hybridized carbons (Fsp3) is 0. The van der Waals surface area contributed by atoms with Gasteiger partial charge in [-0.15, -0.1) is 0 Å². The highest BCUT2D eigenvalue weighted by molar-refractivity contribution is 6.30. The molecule has 0 unspecified atom stereocenters. The third-order valence-electron chi connectivity index (χ3n) is 2.93. The van der Waals surface area contributed by atoms with Gasteiger partial charge in [0.05, 0.1) is 16.6 Å². The number of halogens is 2. The summed E-state index contributed by atoms with van der Waals surface area (Å²) in [7, 11) is 0. The fourth-order valence-corrected chi connectivity index (χ4v) is 2.22. The number of benzene rings is 2. The lowest BCUT2D eigenvalue weighted by Crippen LogP contribution is -2.33. The topological polar surface area (TPSA) is 54.9 Å². The van der Waals surface area contributed by atoms with Crippen molar-refractivity contribution in [3.8, 4) is 5.69 Å². The van der Waals surface area contributed by atoms with Crippen LogP contribution in [0.2, 0.25) is 5.02 Å². The second kappa shape index (κ2) is 4.61. The molecule has 0 atom stereocenters. The molecule has 0 aliphatic heterocycles. The Morgan fingerprint density at radius 3 is 2.65 bits per heavy atom. The van der Waals surface area contributed by atoms with Gasteiger partial charge in [0, 0.05) is 5.02 Å². The van der Waals surface area contributed by atoms with Crippen molar-refractivity contribution in [2.45, 2.75) is 0 Å². The first-order valence-corrected chi connectivity index (χ1v) is 6.14. The number of hydrogen-bond donors (Lipinski definition) is 1. The van der Waals surface area contributed by atoms with Crippen molar-refractivity contribution < 1.29 is 4.39 Å². The van der Waals surface area contributed by atoms with Crippen molar-refractivity contribution in [3.05, 3.63) is 74.1 Å². The number of fused-ring (bicyclic) bond motifs is 1. The molecule has 1 N–H and O–H groups in total. The Morgan fingerprint density at radius 1 is 1.10 bits per heavy atom. The van der Waals surface area contributed by atoms with Gasteiger partial charge < -0.3 is 4.98 Å². The van der Waals surface area contributed by atoms with Gasteiger partial charge in [-0.2, -0.15) is 0 Å². The Balaban J connectivity index is 2.41. The Labute approximate surface area is 117 Å². The van der Waals surface area contributed by atoms with Crippen LogP contribution in [0.15, 0.2) is 52.1 Å². The van der Waals surface area contributed by atoms with Crippen LogP contribution in [0.3, 0.4) is 0 Å². The van der Waals surface area contributed by atoms with E-state index in [1.807, 2.05) is 0 Å². The normalized spacial score (nSPS) is 10.9. The number of nitrogens with zero attached hydrogens (tertiary/aromatic N) is 1. The van der Waals surface area contributed by atoms with Gasteiger partial charge in [-0.3, -0.25) is 4.79 Å². The molecular weight excluding hydrogens is 283 g/mol. The van der Waals surface area contributed by atoms with Gasteiger partial charge in [0.25, 0.3) is 5.56 Å². The molecule has 1 aromatic heterocycles. The third kappa shape index (κ3) is 2.02. The number of hydrogen-bond acceptors (Lipinski definition) is 2. The molecule has 0 saturated carbocycles. The minimum absolute atomic E-state index is 0.165. The van der Waals surface area contributed by atoms with E-state index in [0.29, 0.717) is 10.7 Å². The van der Waals surface area contributed by atoms with Gasteiger partial charge in [-0.25, -0.2) is 13.8 Å². The highest BCUT2D eigenvalue weighted by atomic mass is 35.5. The van der Waals surface area contributed by atoms with Crippen LogP contribution in [0, 0.1) is 5.82 Å². The van der Waals surface area contributed by atoms with Crippen LogP contribution in [0.4, 0.5) is 4.39 Å². The Hall–Kier alpha value is -2.40. The maximum Gasteiger partial charge on any atom is 0.333 e. The molecule has 4 nitrogen and oxygen atoms in total. The maximum atomic E-state index is 13.1. The molecule has 3 rings (SSSR count). The van der Waals surface area contributed by atoms with Gasteiger partial charge in [0.1, 0.15) is 5.82 Å². The molecular formula is C14H8ClFN2O2. The fourth-order valence-electron chi connectivity index (χ4n) is 2.04. The quantitative estimate of drug-likeness (QED) is 0.748. The number of aromatic nitrogens is 2. The van der Waals surface area contributed by atoms with Crippen LogP contribution in [0.25, 0.3) is 16.6 Å². The molecule has 0 bridgehead atoms. The van der Waals surface area contributed by atoms with Gasteiger partial charge in [-0.1, -0.05) is 17.7 Å². The predicted molar refractivity (Wildman–Crippen MR) is 75.1 cm³/mol. The summed E-state index contributed by atoms with van der Waals surface area (Å²) in [5, 5.41) is 0.638. The minimum Gasteiger partial charge on any atom is -0.306 e. The van der Waals surface area contributed by atoms with E-state index in [0.717, 1.165) is 10.6 Å². The zero-order valence-electron chi connectivity index (χ0n) is 10.1. The lowest BCUT2D eigenvalue weighted by Gasteiger charge is -2.06. The zero-order chi connectivity index (χ0) is 14.3. The van der Waals surface area contributed by atoms with Crippen LogP contribution in [-0.2, 0) is 0 Å². The van der Waals surface area contributed by atoms with E-state index in [4.69, 9.17) is 11.6 Å². The summed E-state index contributed by atoms with van der Waals surface area (Å²) >= 11 is 5.86. The molecule has 1 heterocycles.